The number of carbonyl (C=O) groups excluding carboxylic acids is 2. The van der Waals surface area contributed by atoms with Crippen LogP contribution in [0.2, 0.25) is 0 Å². The Labute approximate surface area is 125 Å². The van der Waals surface area contributed by atoms with E-state index in [1.807, 2.05) is 47.2 Å². The largest absolute Gasteiger partial charge is 0.345 e. The van der Waals surface area contributed by atoms with Crippen molar-refractivity contribution in [3.63, 3.8) is 0 Å². The predicted octanol–water partition coefficient (Wildman–Crippen LogP) is 1.70. The zero-order valence-corrected chi connectivity index (χ0v) is 12.5. The van der Waals surface area contributed by atoms with Crippen LogP contribution in [-0.2, 0) is 16.0 Å². The first-order valence-electron chi connectivity index (χ1n) is 7.64. The molecule has 1 spiro atoms. The van der Waals surface area contributed by atoms with Crippen LogP contribution in [0.25, 0.3) is 0 Å². The maximum absolute atomic E-state index is 12.3. The Balaban J connectivity index is 1.56. The molecule has 2 heterocycles. The molecule has 0 aliphatic carbocycles. The standard InChI is InChI=1S/C17H22N2O2/c1-18-13-17(12-16(18)21)7-9-19(10-8-17)15(20)11-14-5-3-2-4-6-14/h2-6H,7-13H2,1H3. The lowest BCUT2D eigenvalue weighted by atomic mass is 9.77. The van der Waals surface area contributed by atoms with Crippen molar-refractivity contribution < 1.29 is 9.59 Å². The van der Waals surface area contributed by atoms with Crippen molar-refractivity contribution in [3.8, 4) is 0 Å². The number of piperidine rings is 1. The Morgan fingerprint density at radius 2 is 1.86 bits per heavy atom. The minimum Gasteiger partial charge on any atom is -0.345 e. The van der Waals surface area contributed by atoms with E-state index in [-0.39, 0.29) is 17.2 Å². The van der Waals surface area contributed by atoms with E-state index >= 15 is 0 Å². The molecule has 0 unspecified atom stereocenters. The van der Waals surface area contributed by atoms with Gasteiger partial charge in [-0.2, -0.15) is 0 Å². The summed E-state index contributed by atoms with van der Waals surface area (Å²) in [6, 6.07) is 9.88. The molecule has 0 radical (unpaired) electrons. The summed E-state index contributed by atoms with van der Waals surface area (Å²) in [6.07, 6.45) is 3.03. The van der Waals surface area contributed by atoms with Crippen molar-refractivity contribution in [1.29, 1.82) is 0 Å². The number of rotatable bonds is 2. The van der Waals surface area contributed by atoms with E-state index in [4.69, 9.17) is 0 Å². The van der Waals surface area contributed by atoms with Gasteiger partial charge in [-0.25, -0.2) is 0 Å². The highest BCUT2D eigenvalue weighted by Crippen LogP contribution is 2.40. The molecule has 4 heteroatoms. The zero-order chi connectivity index (χ0) is 14.9. The first-order chi connectivity index (χ1) is 10.1. The van der Waals surface area contributed by atoms with Gasteiger partial charge in [0.25, 0.3) is 0 Å². The molecule has 2 fully saturated rings. The third-order valence-corrected chi connectivity index (χ3v) is 4.90. The Morgan fingerprint density at radius 3 is 2.43 bits per heavy atom. The quantitative estimate of drug-likeness (QED) is 0.830. The summed E-state index contributed by atoms with van der Waals surface area (Å²) >= 11 is 0. The van der Waals surface area contributed by atoms with Crippen LogP contribution in [0.1, 0.15) is 24.8 Å². The third kappa shape index (κ3) is 2.94. The number of amides is 2. The SMILES string of the molecule is CN1CC2(CCN(C(=O)Cc3ccccc3)CC2)CC1=O. The molecule has 1 aromatic carbocycles. The molecule has 3 rings (SSSR count). The number of carbonyl (C=O) groups is 2. The first-order valence-corrected chi connectivity index (χ1v) is 7.64. The molecule has 2 aliphatic rings. The van der Waals surface area contributed by atoms with Gasteiger partial charge in [-0.15, -0.1) is 0 Å². The van der Waals surface area contributed by atoms with Crippen molar-refractivity contribution >= 4 is 11.8 Å². The Bertz CT molecular complexity index is 533. The van der Waals surface area contributed by atoms with E-state index in [2.05, 4.69) is 0 Å². The summed E-state index contributed by atoms with van der Waals surface area (Å²) in [7, 11) is 1.88. The molecule has 112 valence electrons. The average molecular weight is 286 g/mol. The van der Waals surface area contributed by atoms with Crippen molar-refractivity contribution in [2.24, 2.45) is 5.41 Å². The van der Waals surface area contributed by atoms with Gasteiger partial charge in [0.2, 0.25) is 11.8 Å². The van der Waals surface area contributed by atoms with Gasteiger partial charge in [0.15, 0.2) is 0 Å². The van der Waals surface area contributed by atoms with Crippen LogP contribution in [0.4, 0.5) is 0 Å². The molecule has 4 nitrogen and oxygen atoms in total. The zero-order valence-electron chi connectivity index (χ0n) is 12.5. The van der Waals surface area contributed by atoms with Gasteiger partial charge in [0, 0.05) is 38.5 Å². The van der Waals surface area contributed by atoms with Crippen LogP contribution in [0.3, 0.4) is 0 Å². The average Bonchev–Trinajstić information content (AvgIpc) is 2.75. The van der Waals surface area contributed by atoms with Gasteiger partial charge in [-0.3, -0.25) is 9.59 Å². The number of nitrogens with zero attached hydrogens (tertiary/aromatic N) is 2. The van der Waals surface area contributed by atoms with Crippen LogP contribution in [0.15, 0.2) is 30.3 Å². The van der Waals surface area contributed by atoms with Crippen LogP contribution in [0, 0.1) is 5.41 Å². The number of likely N-dealkylation sites (tertiary alicyclic amines) is 2. The molecular weight excluding hydrogens is 264 g/mol. The van der Waals surface area contributed by atoms with E-state index < -0.39 is 0 Å². The molecule has 0 saturated carbocycles. The van der Waals surface area contributed by atoms with Crippen LogP contribution in [-0.4, -0.2) is 48.3 Å². The third-order valence-electron chi connectivity index (χ3n) is 4.90. The van der Waals surface area contributed by atoms with Crippen LogP contribution >= 0.6 is 0 Å². The minimum atomic E-state index is 0.120. The molecule has 0 atom stereocenters. The molecule has 2 amide bonds. The van der Waals surface area contributed by atoms with Crippen molar-refractivity contribution in [3.05, 3.63) is 35.9 Å². The Kier molecular flexibility index (Phi) is 3.70. The van der Waals surface area contributed by atoms with E-state index in [0.717, 1.165) is 38.0 Å². The van der Waals surface area contributed by atoms with E-state index in [1.165, 1.54) is 0 Å². The first kappa shape index (κ1) is 14.1. The normalized spacial score (nSPS) is 21.1. The highest BCUT2D eigenvalue weighted by molar-refractivity contribution is 5.80. The smallest absolute Gasteiger partial charge is 0.226 e. The summed E-state index contributed by atoms with van der Waals surface area (Å²) in [6.45, 7) is 2.42. The second kappa shape index (κ2) is 5.51. The molecule has 2 saturated heterocycles. The monoisotopic (exact) mass is 286 g/mol. The van der Waals surface area contributed by atoms with Gasteiger partial charge < -0.3 is 9.80 Å². The van der Waals surface area contributed by atoms with Crippen molar-refractivity contribution in [2.45, 2.75) is 25.7 Å². The fourth-order valence-corrected chi connectivity index (χ4v) is 3.55. The lowest BCUT2D eigenvalue weighted by Crippen LogP contribution is -2.44. The van der Waals surface area contributed by atoms with Gasteiger partial charge in [0.05, 0.1) is 6.42 Å². The van der Waals surface area contributed by atoms with Gasteiger partial charge in [-0.05, 0) is 18.4 Å². The van der Waals surface area contributed by atoms with Crippen LogP contribution in [0.5, 0.6) is 0 Å². The maximum atomic E-state index is 12.3. The fourth-order valence-electron chi connectivity index (χ4n) is 3.55. The molecular formula is C17H22N2O2. The molecule has 0 N–H and O–H groups in total. The maximum Gasteiger partial charge on any atom is 0.226 e. The molecule has 2 aliphatic heterocycles. The van der Waals surface area contributed by atoms with Gasteiger partial charge >= 0.3 is 0 Å². The highest BCUT2D eigenvalue weighted by Gasteiger charge is 2.44. The summed E-state index contributed by atoms with van der Waals surface area (Å²) in [5, 5.41) is 0. The van der Waals surface area contributed by atoms with Crippen molar-refractivity contribution in [2.75, 3.05) is 26.7 Å². The highest BCUT2D eigenvalue weighted by atomic mass is 16.2. The predicted molar refractivity (Wildman–Crippen MR) is 80.6 cm³/mol. The number of benzene rings is 1. The van der Waals surface area contributed by atoms with Gasteiger partial charge in [-0.1, -0.05) is 30.3 Å². The molecule has 0 aromatic heterocycles. The minimum absolute atomic E-state index is 0.120. The van der Waals surface area contributed by atoms with E-state index in [0.29, 0.717) is 12.8 Å². The van der Waals surface area contributed by atoms with E-state index in [9.17, 15) is 9.59 Å². The lowest BCUT2D eigenvalue weighted by Gasteiger charge is -2.38. The summed E-state index contributed by atoms with van der Waals surface area (Å²) < 4.78 is 0. The Morgan fingerprint density at radius 1 is 1.19 bits per heavy atom. The van der Waals surface area contributed by atoms with Gasteiger partial charge in [0.1, 0.15) is 0 Å². The number of hydrogen-bond donors (Lipinski definition) is 0. The topological polar surface area (TPSA) is 40.6 Å². The molecule has 21 heavy (non-hydrogen) atoms. The van der Waals surface area contributed by atoms with E-state index in [1.54, 1.807) is 0 Å². The second-order valence-electron chi connectivity index (χ2n) is 6.47. The summed E-state index contributed by atoms with van der Waals surface area (Å²) in [5.41, 5.74) is 1.19. The number of hydrogen-bond acceptors (Lipinski definition) is 2. The molecule has 0 bridgehead atoms. The summed E-state index contributed by atoms with van der Waals surface area (Å²) in [4.78, 5) is 27.9. The van der Waals surface area contributed by atoms with Crippen molar-refractivity contribution in [1.82, 2.24) is 9.80 Å². The fraction of sp³-hybridized carbons (Fsp3) is 0.529. The second-order valence-corrected chi connectivity index (χ2v) is 6.47. The molecule has 1 aromatic rings. The Hall–Kier alpha value is -1.84. The van der Waals surface area contributed by atoms with Crippen LogP contribution < -0.4 is 0 Å². The summed E-state index contributed by atoms with van der Waals surface area (Å²) in [5.74, 6) is 0.452. The lowest BCUT2D eigenvalue weighted by molar-refractivity contribution is -0.132.